The molecule has 0 N–H and O–H groups in total. The van der Waals surface area contributed by atoms with Crippen LogP contribution in [0.4, 0.5) is 4.39 Å². The molecule has 0 atom stereocenters. The molecule has 3 aromatic rings. The Balaban J connectivity index is 2.24. The molecule has 0 amide bonds. The Morgan fingerprint density at radius 2 is 2.00 bits per heavy atom. The predicted octanol–water partition coefficient (Wildman–Crippen LogP) is 3.11. The Bertz CT molecular complexity index is 750. The van der Waals surface area contributed by atoms with Gasteiger partial charge in [-0.05, 0) is 30.7 Å². The predicted molar refractivity (Wildman–Crippen MR) is 74.3 cm³/mol. The molecule has 20 heavy (non-hydrogen) atoms. The molecule has 0 radical (unpaired) electrons. The third-order valence-electron chi connectivity index (χ3n) is 3.20. The maximum Gasteiger partial charge on any atom is 0.239 e. The summed E-state index contributed by atoms with van der Waals surface area (Å²) in [5.41, 5.74) is 2.56. The Morgan fingerprint density at radius 1 is 1.25 bits per heavy atom. The summed E-state index contributed by atoms with van der Waals surface area (Å²) in [5.74, 6) is 1.03. The van der Waals surface area contributed by atoms with Crippen LogP contribution in [-0.2, 0) is 6.42 Å². The molecule has 0 aliphatic carbocycles. The van der Waals surface area contributed by atoms with Crippen molar-refractivity contribution in [1.29, 1.82) is 0 Å². The van der Waals surface area contributed by atoms with Gasteiger partial charge in [-0.25, -0.2) is 14.4 Å². The Kier molecular flexibility index (Phi) is 3.10. The standard InChI is InChI=1S/C15H14FN3O/c1-3-12-9-19-13(15(18-12)20-2)8-17-14(19)10-4-6-11(16)7-5-10/h4-9H,3H2,1-2H3. The van der Waals surface area contributed by atoms with Crippen LogP contribution in [0.15, 0.2) is 36.7 Å². The molecular weight excluding hydrogens is 257 g/mol. The van der Waals surface area contributed by atoms with Crippen molar-refractivity contribution in [2.75, 3.05) is 7.11 Å². The largest absolute Gasteiger partial charge is 0.479 e. The van der Waals surface area contributed by atoms with Gasteiger partial charge in [-0.2, -0.15) is 0 Å². The van der Waals surface area contributed by atoms with Gasteiger partial charge in [0.25, 0.3) is 0 Å². The van der Waals surface area contributed by atoms with Crippen LogP contribution in [0.2, 0.25) is 0 Å². The molecule has 0 spiro atoms. The zero-order chi connectivity index (χ0) is 14.1. The molecule has 0 fully saturated rings. The Hall–Kier alpha value is -2.43. The highest BCUT2D eigenvalue weighted by atomic mass is 19.1. The van der Waals surface area contributed by atoms with Gasteiger partial charge in [-0.3, -0.25) is 4.40 Å². The number of hydrogen-bond donors (Lipinski definition) is 0. The van der Waals surface area contributed by atoms with Gasteiger partial charge in [0.2, 0.25) is 5.88 Å². The van der Waals surface area contributed by atoms with Crippen LogP contribution in [0.25, 0.3) is 16.9 Å². The summed E-state index contributed by atoms with van der Waals surface area (Å²) in [6.07, 6.45) is 4.45. The second kappa shape index (κ2) is 4.92. The van der Waals surface area contributed by atoms with E-state index in [4.69, 9.17) is 4.74 Å². The molecule has 102 valence electrons. The van der Waals surface area contributed by atoms with Crippen molar-refractivity contribution < 1.29 is 9.13 Å². The lowest BCUT2D eigenvalue weighted by molar-refractivity contribution is 0.399. The normalized spacial score (nSPS) is 10.9. The third-order valence-corrected chi connectivity index (χ3v) is 3.20. The van der Waals surface area contributed by atoms with Crippen LogP contribution >= 0.6 is 0 Å². The van der Waals surface area contributed by atoms with Gasteiger partial charge in [-0.15, -0.1) is 0 Å². The van der Waals surface area contributed by atoms with Crippen LogP contribution in [-0.4, -0.2) is 21.5 Å². The highest BCUT2D eigenvalue weighted by molar-refractivity contribution is 5.65. The maximum absolute atomic E-state index is 13.0. The molecule has 3 rings (SSSR count). The second-order valence-electron chi connectivity index (χ2n) is 4.44. The van der Waals surface area contributed by atoms with E-state index in [9.17, 15) is 4.39 Å². The Morgan fingerprint density at radius 3 is 2.65 bits per heavy atom. The highest BCUT2D eigenvalue weighted by Crippen LogP contribution is 2.25. The number of benzene rings is 1. The van der Waals surface area contributed by atoms with E-state index >= 15 is 0 Å². The van der Waals surface area contributed by atoms with Crippen LogP contribution in [0.1, 0.15) is 12.6 Å². The number of methoxy groups -OCH3 is 1. The molecule has 0 aliphatic heterocycles. The van der Waals surface area contributed by atoms with Crippen LogP contribution in [0.5, 0.6) is 5.88 Å². The molecule has 0 saturated carbocycles. The second-order valence-corrected chi connectivity index (χ2v) is 4.44. The molecule has 0 aliphatic rings. The zero-order valence-electron chi connectivity index (χ0n) is 11.3. The minimum atomic E-state index is -0.261. The van der Waals surface area contributed by atoms with Crippen molar-refractivity contribution in [3.05, 3.63) is 48.2 Å². The van der Waals surface area contributed by atoms with Gasteiger partial charge in [0.15, 0.2) is 0 Å². The fourth-order valence-corrected chi connectivity index (χ4v) is 2.15. The molecule has 4 nitrogen and oxygen atoms in total. The van der Waals surface area contributed by atoms with Gasteiger partial charge in [0, 0.05) is 11.8 Å². The fourth-order valence-electron chi connectivity index (χ4n) is 2.15. The van der Waals surface area contributed by atoms with Gasteiger partial charge in [0.1, 0.15) is 17.2 Å². The molecule has 0 unspecified atom stereocenters. The topological polar surface area (TPSA) is 39.4 Å². The van der Waals surface area contributed by atoms with E-state index in [0.29, 0.717) is 5.88 Å². The SMILES string of the molecule is CCc1cn2c(-c3ccc(F)cc3)ncc2c(OC)n1. The monoisotopic (exact) mass is 271 g/mol. The minimum Gasteiger partial charge on any atom is -0.479 e. The van der Waals surface area contributed by atoms with Crippen LogP contribution < -0.4 is 4.74 Å². The van der Waals surface area contributed by atoms with E-state index < -0.39 is 0 Å². The van der Waals surface area contributed by atoms with Gasteiger partial charge in [0.05, 0.1) is 19.0 Å². The summed E-state index contributed by atoms with van der Waals surface area (Å²) in [7, 11) is 1.59. The first kappa shape index (κ1) is 12.6. The van der Waals surface area contributed by atoms with Crippen LogP contribution in [0.3, 0.4) is 0 Å². The average Bonchev–Trinajstić information content (AvgIpc) is 2.90. The summed E-state index contributed by atoms with van der Waals surface area (Å²) in [4.78, 5) is 8.82. The third kappa shape index (κ3) is 2.01. The van der Waals surface area contributed by atoms with E-state index in [1.807, 2.05) is 17.5 Å². The lowest BCUT2D eigenvalue weighted by atomic mass is 10.2. The molecule has 2 aromatic heterocycles. The Labute approximate surface area is 115 Å². The van der Waals surface area contributed by atoms with E-state index in [-0.39, 0.29) is 5.82 Å². The number of ether oxygens (including phenoxy) is 1. The van der Waals surface area contributed by atoms with Crippen molar-refractivity contribution in [3.8, 4) is 17.3 Å². The quantitative estimate of drug-likeness (QED) is 0.734. The lowest BCUT2D eigenvalue weighted by Crippen LogP contribution is -1.99. The molecule has 1 aromatic carbocycles. The van der Waals surface area contributed by atoms with Gasteiger partial charge >= 0.3 is 0 Å². The first-order chi connectivity index (χ1) is 9.72. The summed E-state index contributed by atoms with van der Waals surface area (Å²) in [5, 5.41) is 0. The van der Waals surface area contributed by atoms with Crippen molar-refractivity contribution in [1.82, 2.24) is 14.4 Å². The van der Waals surface area contributed by atoms with Crippen molar-refractivity contribution in [2.24, 2.45) is 0 Å². The number of aromatic nitrogens is 3. The number of rotatable bonds is 3. The van der Waals surface area contributed by atoms with Gasteiger partial charge < -0.3 is 4.74 Å². The lowest BCUT2D eigenvalue weighted by Gasteiger charge is -2.07. The molecular formula is C15H14FN3O. The molecule has 5 heteroatoms. The number of fused-ring (bicyclic) bond motifs is 1. The number of imidazole rings is 1. The molecule has 0 bridgehead atoms. The van der Waals surface area contributed by atoms with E-state index in [1.54, 1.807) is 25.4 Å². The minimum absolute atomic E-state index is 0.261. The zero-order valence-corrected chi connectivity index (χ0v) is 11.3. The van der Waals surface area contributed by atoms with Crippen LogP contribution in [0, 0.1) is 5.82 Å². The maximum atomic E-state index is 13.0. The molecule has 2 heterocycles. The summed E-state index contributed by atoms with van der Waals surface area (Å²) in [6.45, 7) is 2.03. The smallest absolute Gasteiger partial charge is 0.239 e. The van der Waals surface area contributed by atoms with E-state index in [0.717, 1.165) is 29.0 Å². The first-order valence-corrected chi connectivity index (χ1v) is 6.40. The fraction of sp³-hybridized carbons (Fsp3) is 0.200. The molecule has 0 saturated heterocycles. The summed E-state index contributed by atoms with van der Waals surface area (Å²) < 4.78 is 20.3. The van der Waals surface area contributed by atoms with E-state index in [2.05, 4.69) is 9.97 Å². The number of halogens is 1. The first-order valence-electron chi connectivity index (χ1n) is 6.40. The number of hydrogen-bond acceptors (Lipinski definition) is 3. The highest BCUT2D eigenvalue weighted by Gasteiger charge is 2.12. The summed E-state index contributed by atoms with van der Waals surface area (Å²) in [6, 6.07) is 6.27. The van der Waals surface area contributed by atoms with Crippen molar-refractivity contribution in [3.63, 3.8) is 0 Å². The van der Waals surface area contributed by atoms with Crippen molar-refractivity contribution in [2.45, 2.75) is 13.3 Å². The summed E-state index contributed by atoms with van der Waals surface area (Å²) >= 11 is 0. The van der Waals surface area contributed by atoms with Crippen molar-refractivity contribution >= 4 is 5.52 Å². The number of aryl methyl sites for hydroxylation is 1. The average molecular weight is 271 g/mol. The van der Waals surface area contributed by atoms with Gasteiger partial charge in [-0.1, -0.05) is 6.92 Å². The van der Waals surface area contributed by atoms with E-state index in [1.165, 1.54) is 12.1 Å². The number of nitrogens with zero attached hydrogens (tertiary/aromatic N) is 3.